The third-order valence-corrected chi connectivity index (χ3v) is 2.57. The van der Waals surface area contributed by atoms with Crippen LogP contribution in [-0.4, -0.2) is 31.6 Å². The number of ether oxygens (including phenoxy) is 1. The molecule has 116 valence electrons. The van der Waals surface area contributed by atoms with Crippen molar-refractivity contribution in [2.75, 3.05) is 13.6 Å². The van der Waals surface area contributed by atoms with Crippen molar-refractivity contribution in [3.8, 4) is 5.75 Å². The maximum Gasteiger partial charge on any atom is 0.321 e. The number of carbonyl (C=O) groups is 2. The Labute approximate surface area is 123 Å². The highest BCUT2D eigenvalue weighted by Crippen LogP contribution is 2.17. The fourth-order valence-corrected chi connectivity index (χ4v) is 1.67. The Morgan fingerprint density at radius 1 is 1.33 bits per heavy atom. The Kier molecular flexibility index (Phi) is 6.61. The number of hydrogen-bond acceptors (Lipinski definition) is 4. The summed E-state index contributed by atoms with van der Waals surface area (Å²) in [6, 6.07) is 3.61. The van der Waals surface area contributed by atoms with Gasteiger partial charge in [-0.25, -0.2) is 9.18 Å². The molecule has 3 N–H and O–H groups in total. The molecule has 0 fully saturated rings. The first-order valence-corrected chi connectivity index (χ1v) is 6.65. The highest BCUT2D eigenvalue weighted by atomic mass is 19.1. The second kappa shape index (κ2) is 8.21. The fourth-order valence-electron chi connectivity index (χ4n) is 1.67. The number of amides is 3. The van der Waals surface area contributed by atoms with Crippen LogP contribution in [0.3, 0.4) is 0 Å². The molecule has 0 spiro atoms. The first-order chi connectivity index (χ1) is 9.96. The Bertz CT molecular complexity index is 508. The van der Waals surface area contributed by atoms with Gasteiger partial charge in [-0.2, -0.15) is 0 Å². The standard InChI is InChI=1S/C14H20FN3O3/c1-4-17-14(20)18-13(19)9(2)21-12-6-10(8-16-3)5-11(15)7-12/h5-7,9,16H,4,8H2,1-3H3,(H2,17,18,19,20). The average Bonchev–Trinajstić information content (AvgIpc) is 2.38. The summed E-state index contributed by atoms with van der Waals surface area (Å²) in [5.41, 5.74) is 0.698. The van der Waals surface area contributed by atoms with Crippen LogP contribution in [0.2, 0.25) is 0 Å². The molecule has 0 aromatic heterocycles. The lowest BCUT2D eigenvalue weighted by Gasteiger charge is -2.15. The molecule has 0 saturated heterocycles. The van der Waals surface area contributed by atoms with Crippen LogP contribution in [-0.2, 0) is 11.3 Å². The third kappa shape index (κ3) is 5.78. The van der Waals surface area contributed by atoms with Crippen molar-refractivity contribution in [1.82, 2.24) is 16.0 Å². The smallest absolute Gasteiger partial charge is 0.321 e. The molecule has 0 aliphatic heterocycles. The van der Waals surface area contributed by atoms with E-state index in [1.165, 1.54) is 19.1 Å². The molecule has 0 aliphatic carbocycles. The van der Waals surface area contributed by atoms with Crippen molar-refractivity contribution in [3.63, 3.8) is 0 Å². The van der Waals surface area contributed by atoms with Gasteiger partial charge in [0.1, 0.15) is 11.6 Å². The maximum atomic E-state index is 13.4. The Hall–Kier alpha value is -2.15. The summed E-state index contributed by atoms with van der Waals surface area (Å²) < 4.78 is 18.8. The molecule has 1 atom stereocenters. The molecule has 0 saturated carbocycles. The van der Waals surface area contributed by atoms with Crippen LogP contribution in [0, 0.1) is 5.82 Å². The van der Waals surface area contributed by atoms with Crippen molar-refractivity contribution in [1.29, 1.82) is 0 Å². The van der Waals surface area contributed by atoms with Crippen LogP contribution in [0.25, 0.3) is 0 Å². The van der Waals surface area contributed by atoms with Gasteiger partial charge in [-0.1, -0.05) is 0 Å². The van der Waals surface area contributed by atoms with Gasteiger partial charge >= 0.3 is 6.03 Å². The summed E-state index contributed by atoms with van der Waals surface area (Å²) in [6.07, 6.45) is -0.920. The molecule has 3 amide bonds. The van der Waals surface area contributed by atoms with E-state index in [1.54, 1.807) is 20.0 Å². The van der Waals surface area contributed by atoms with Crippen LogP contribution in [0.5, 0.6) is 5.75 Å². The molecule has 0 aliphatic rings. The molecule has 6 nitrogen and oxygen atoms in total. The van der Waals surface area contributed by atoms with Crippen molar-refractivity contribution in [2.45, 2.75) is 26.5 Å². The summed E-state index contributed by atoms with van der Waals surface area (Å²) in [5, 5.41) is 7.47. The maximum absolute atomic E-state index is 13.4. The van der Waals surface area contributed by atoms with E-state index in [-0.39, 0.29) is 5.75 Å². The van der Waals surface area contributed by atoms with E-state index in [1.807, 2.05) is 0 Å². The lowest BCUT2D eigenvalue weighted by atomic mass is 10.2. The Morgan fingerprint density at radius 3 is 2.67 bits per heavy atom. The molecule has 0 bridgehead atoms. The van der Waals surface area contributed by atoms with Crippen LogP contribution >= 0.6 is 0 Å². The van der Waals surface area contributed by atoms with E-state index in [9.17, 15) is 14.0 Å². The number of carbonyl (C=O) groups excluding carboxylic acids is 2. The first kappa shape index (κ1) is 16.9. The third-order valence-electron chi connectivity index (χ3n) is 2.57. The van der Waals surface area contributed by atoms with Gasteiger partial charge in [-0.3, -0.25) is 10.1 Å². The van der Waals surface area contributed by atoms with Gasteiger partial charge in [0, 0.05) is 19.2 Å². The fraction of sp³-hybridized carbons (Fsp3) is 0.429. The molecule has 0 heterocycles. The highest BCUT2D eigenvalue weighted by molar-refractivity contribution is 5.96. The number of benzene rings is 1. The molecular formula is C14H20FN3O3. The minimum Gasteiger partial charge on any atom is -0.481 e. The van der Waals surface area contributed by atoms with Crippen LogP contribution < -0.4 is 20.7 Å². The molecule has 7 heteroatoms. The first-order valence-electron chi connectivity index (χ1n) is 6.65. The van der Waals surface area contributed by atoms with Crippen molar-refractivity contribution in [3.05, 3.63) is 29.6 Å². The van der Waals surface area contributed by atoms with Gasteiger partial charge in [0.05, 0.1) is 0 Å². The summed E-state index contributed by atoms with van der Waals surface area (Å²) >= 11 is 0. The summed E-state index contributed by atoms with van der Waals surface area (Å²) in [7, 11) is 1.74. The largest absolute Gasteiger partial charge is 0.481 e. The predicted octanol–water partition coefficient (Wildman–Crippen LogP) is 1.16. The lowest BCUT2D eigenvalue weighted by molar-refractivity contribution is -0.126. The second-order valence-corrected chi connectivity index (χ2v) is 4.43. The summed E-state index contributed by atoms with van der Waals surface area (Å²) in [4.78, 5) is 23.0. The van der Waals surface area contributed by atoms with E-state index < -0.39 is 23.9 Å². The van der Waals surface area contributed by atoms with E-state index >= 15 is 0 Å². The Balaban J connectivity index is 2.67. The van der Waals surface area contributed by atoms with E-state index in [0.29, 0.717) is 18.7 Å². The molecule has 1 aromatic rings. The molecule has 1 unspecified atom stereocenters. The van der Waals surface area contributed by atoms with Gasteiger partial charge < -0.3 is 15.4 Å². The minimum absolute atomic E-state index is 0.235. The molecule has 1 rings (SSSR count). The zero-order valence-electron chi connectivity index (χ0n) is 12.3. The summed E-state index contributed by atoms with van der Waals surface area (Å²) in [6.45, 7) is 4.11. The van der Waals surface area contributed by atoms with Crippen molar-refractivity contribution >= 4 is 11.9 Å². The normalized spacial score (nSPS) is 11.6. The zero-order valence-corrected chi connectivity index (χ0v) is 12.3. The van der Waals surface area contributed by atoms with Gasteiger partial charge in [0.15, 0.2) is 6.10 Å². The number of rotatable bonds is 6. The number of hydrogen-bond donors (Lipinski definition) is 3. The molecular weight excluding hydrogens is 277 g/mol. The quantitative estimate of drug-likeness (QED) is 0.736. The average molecular weight is 297 g/mol. The highest BCUT2D eigenvalue weighted by Gasteiger charge is 2.17. The number of nitrogens with one attached hydrogen (secondary N) is 3. The molecule has 21 heavy (non-hydrogen) atoms. The van der Waals surface area contributed by atoms with E-state index in [2.05, 4.69) is 16.0 Å². The Morgan fingerprint density at radius 2 is 2.05 bits per heavy atom. The van der Waals surface area contributed by atoms with Gasteiger partial charge in [-0.05, 0) is 38.6 Å². The lowest BCUT2D eigenvalue weighted by Crippen LogP contribution is -2.45. The molecule has 1 aromatic carbocycles. The zero-order chi connectivity index (χ0) is 15.8. The number of imide groups is 1. The van der Waals surface area contributed by atoms with Crippen LogP contribution in [0.1, 0.15) is 19.4 Å². The van der Waals surface area contributed by atoms with Gasteiger partial charge in [-0.15, -0.1) is 0 Å². The number of halogens is 1. The van der Waals surface area contributed by atoms with E-state index in [4.69, 9.17) is 4.74 Å². The van der Waals surface area contributed by atoms with E-state index in [0.717, 1.165) is 0 Å². The monoisotopic (exact) mass is 297 g/mol. The number of urea groups is 1. The van der Waals surface area contributed by atoms with Gasteiger partial charge in [0.25, 0.3) is 5.91 Å². The summed E-state index contributed by atoms with van der Waals surface area (Å²) in [5.74, 6) is -0.812. The van der Waals surface area contributed by atoms with Gasteiger partial charge in [0.2, 0.25) is 0 Å². The minimum atomic E-state index is -0.920. The van der Waals surface area contributed by atoms with Crippen molar-refractivity contribution < 1.29 is 18.7 Å². The van der Waals surface area contributed by atoms with Crippen LogP contribution in [0.15, 0.2) is 18.2 Å². The molecule has 0 radical (unpaired) electrons. The second-order valence-electron chi connectivity index (χ2n) is 4.43. The van der Waals surface area contributed by atoms with Crippen LogP contribution in [0.4, 0.5) is 9.18 Å². The predicted molar refractivity (Wildman–Crippen MR) is 76.5 cm³/mol. The van der Waals surface area contributed by atoms with Crippen molar-refractivity contribution in [2.24, 2.45) is 0 Å². The SMILES string of the molecule is CCNC(=O)NC(=O)C(C)Oc1cc(F)cc(CNC)c1. The topological polar surface area (TPSA) is 79.5 Å².